The van der Waals surface area contributed by atoms with Gasteiger partial charge in [-0.2, -0.15) is 0 Å². The van der Waals surface area contributed by atoms with Crippen LogP contribution in [0.3, 0.4) is 0 Å². The topological polar surface area (TPSA) is 48.4 Å². The summed E-state index contributed by atoms with van der Waals surface area (Å²) < 4.78 is 10.5. The molecule has 0 radical (unpaired) electrons. The quantitative estimate of drug-likeness (QED) is 0.393. The number of rotatable bonds is 6. The van der Waals surface area contributed by atoms with Crippen molar-refractivity contribution in [2.24, 2.45) is 0 Å². The van der Waals surface area contributed by atoms with Crippen molar-refractivity contribution in [1.82, 2.24) is 4.98 Å². The molecule has 24 heavy (non-hydrogen) atoms. The maximum Gasteiger partial charge on any atom is 0.330 e. The fourth-order valence-corrected chi connectivity index (χ4v) is 2.19. The van der Waals surface area contributed by atoms with Crippen LogP contribution in [0.15, 0.2) is 72.8 Å². The van der Waals surface area contributed by atoms with Crippen molar-refractivity contribution >= 4 is 22.9 Å². The number of fused-ring (bicyclic) bond motifs is 1. The van der Waals surface area contributed by atoms with E-state index in [2.05, 4.69) is 4.98 Å². The van der Waals surface area contributed by atoms with Gasteiger partial charge in [-0.15, -0.1) is 0 Å². The second kappa shape index (κ2) is 7.92. The van der Waals surface area contributed by atoms with Crippen LogP contribution < -0.4 is 4.74 Å². The van der Waals surface area contributed by atoms with Crippen LogP contribution in [-0.2, 0) is 9.53 Å². The molecule has 0 bridgehead atoms. The fraction of sp³-hybridized carbons (Fsp3) is 0.100. The van der Waals surface area contributed by atoms with Gasteiger partial charge in [0.15, 0.2) is 0 Å². The molecule has 3 rings (SSSR count). The number of aromatic nitrogens is 1. The summed E-state index contributed by atoms with van der Waals surface area (Å²) in [6, 6.07) is 21.1. The van der Waals surface area contributed by atoms with E-state index in [-0.39, 0.29) is 6.61 Å². The molecule has 120 valence electrons. The Morgan fingerprint density at radius 3 is 2.58 bits per heavy atom. The van der Waals surface area contributed by atoms with E-state index < -0.39 is 5.97 Å². The second-order valence-electron chi connectivity index (χ2n) is 5.09. The Morgan fingerprint density at radius 1 is 0.917 bits per heavy atom. The zero-order valence-electron chi connectivity index (χ0n) is 13.1. The predicted octanol–water partition coefficient (Wildman–Crippen LogP) is 3.87. The van der Waals surface area contributed by atoms with Gasteiger partial charge < -0.3 is 9.47 Å². The highest BCUT2D eigenvalue weighted by atomic mass is 16.6. The van der Waals surface area contributed by atoms with Crippen molar-refractivity contribution in [2.75, 3.05) is 13.2 Å². The van der Waals surface area contributed by atoms with Gasteiger partial charge in [-0.3, -0.25) is 0 Å². The highest BCUT2D eigenvalue weighted by molar-refractivity contribution is 5.87. The lowest BCUT2D eigenvalue weighted by Gasteiger charge is -2.05. The van der Waals surface area contributed by atoms with Crippen molar-refractivity contribution < 1.29 is 14.3 Å². The largest absolute Gasteiger partial charge is 0.490 e. The average Bonchev–Trinajstić information content (AvgIpc) is 2.64. The van der Waals surface area contributed by atoms with E-state index in [1.807, 2.05) is 66.7 Å². The molecule has 3 aromatic rings. The molecule has 0 saturated heterocycles. The molecule has 0 aliphatic carbocycles. The first-order chi connectivity index (χ1) is 11.8. The van der Waals surface area contributed by atoms with Crippen LogP contribution in [-0.4, -0.2) is 24.2 Å². The minimum atomic E-state index is -0.415. The van der Waals surface area contributed by atoms with Crippen LogP contribution in [0.2, 0.25) is 0 Å². The Hall–Kier alpha value is -3.14. The minimum absolute atomic E-state index is 0.198. The molecule has 0 atom stereocenters. The van der Waals surface area contributed by atoms with E-state index in [0.717, 1.165) is 16.7 Å². The summed E-state index contributed by atoms with van der Waals surface area (Å²) in [6.07, 6.45) is 3.02. The van der Waals surface area contributed by atoms with Crippen LogP contribution >= 0.6 is 0 Å². The monoisotopic (exact) mass is 319 g/mol. The lowest BCUT2D eigenvalue weighted by Crippen LogP contribution is -2.10. The van der Waals surface area contributed by atoms with Crippen LogP contribution in [0.25, 0.3) is 17.0 Å². The van der Waals surface area contributed by atoms with E-state index >= 15 is 0 Å². The van der Waals surface area contributed by atoms with Crippen molar-refractivity contribution in [3.05, 3.63) is 78.5 Å². The molecule has 0 N–H and O–H groups in total. The van der Waals surface area contributed by atoms with E-state index in [9.17, 15) is 4.79 Å². The van der Waals surface area contributed by atoms with E-state index in [4.69, 9.17) is 9.47 Å². The van der Waals surface area contributed by atoms with E-state index in [0.29, 0.717) is 12.3 Å². The SMILES string of the molecule is O=C(/C=C/c1ccc2ccccc2n1)OCCOc1ccccc1. The molecule has 4 nitrogen and oxygen atoms in total. The number of para-hydroxylation sites is 2. The molecule has 0 aliphatic heterocycles. The van der Waals surface area contributed by atoms with Crippen molar-refractivity contribution in [3.8, 4) is 5.75 Å². The molecule has 0 fully saturated rings. The fourth-order valence-electron chi connectivity index (χ4n) is 2.19. The first-order valence-electron chi connectivity index (χ1n) is 7.70. The second-order valence-corrected chi connectivity index (χ2v) is 5.09. The molecule has 1 heterocycles. The molecule has 0 saturated carbocycles. The molecular formula is C20H17NO3. The Morgan fingerprint density at radius 2 is 1.71 bits per heavy atom. The summed E-state index contributed by atoms with van der Waals surface area (Å²) >= 11 is 0. The number of benzene rings is 2. The Balaban J connectivity index is 1.47. The van der Waals surface area contributed by atoms with Gasteiger partial charge in [0, 0.05) is 11.5 Å². The zero-order valence-corrected chi connectivity index (χ0v) is 13.1. The molecule has 0 amide bonds. The molecule has 0 unspecified atom stereocenters. The van der Waals surface area contributed by atoms with Gasteiger partial charge >= 0.3 is 5.97 Å². The third-order valence-electron chi connectivity index (χ3n) is 3.35. The number of hydrogen-bond acceptors (Lipinski definition) is 4. The minimum Gasteiger partial charge on any atom is -0.490 e. The van der Waals surface area contributed by atoms with Gasteiger partial charge in [0.1, 0.15) is 19.0 Å². The van der Waals surface area contributed by atoms with Crippen LogP contribution in [0.1, 0.15) is 5.69 Å². The molecule has 0 spiro atoms. The van der Waals surface area contributed by atoms with Gasteiger partial charge in [-0.25, -0.2) is 9.78 Å². The van der Waals surface area contributed by atoms with Gasteiger partial charge in [-0.1, -0.05) is 42.5 Å². The molecular weight excluding hydrogens is 302 g/mol. The lowest BCUT2D eigenvalue weighted by atomic mass is 10.2. The Kier molecular flexibility index (Phi) is 5.20. The van der Waals surface area contributed by atoms with Gasteiger partial charge in [-0.05, 0) is 30.3 Å². The first kappa shape index (κ1) is 15.7. The number of ether oxygens (including phenoxy) is 2. The van der Waals surface area contributed by atoms with Crippen LogP contribution in [0.4, 0.5) is 0 Å². The predicted molar refractivity (Wildman–Crippen MR) is 93.7 cm³/mol. The van der Waals surface area contributed by atoms with Crippen LogP contribution in [0.5, 0.6) is 5.75 Å². The first-order valence-corrected chi connectivity index (χ1v) is 7.70. The molecule has 4 heteroatoms. The smallest absolute Gasteiger partial charge is 0.330 e. The number of carbonyl (C=O) groups excluding carboxylic acids is 1. The summed E-state index contributed by atoms with van der Waals surface area (Å²) in [4.78, 5) is 16.2. The maximum atomic E-state index is 11.7. The summed E-state index contributed by atoms with van der Waals surface area (Å²) in [5.74, 6) is 0.339. The van der Waals surface area contributed by atoms with E-state index in [1.54, 1.807) is 6.08 Å². The molecule has 2 aromatic carbocycles. The van der Waals surface area contributed by atoms with Crippen molar-refractivity contribution in [3.63, 3.8) is 0 Å². The summed E-state index contributed by atoms with van der Waals surface area (Å²) in [5, 5.41) is 1.07. The number of nitrogens with zero attached hydrogens (tertiary/aromatic N) is 1. The number of hydrogen-bond donors (Lipinski definition) is 0. The summed E-state index contributed by atoms with van der Waals surface area (Å²) in [6.45, 7) is 0.515. The summed E-state index contributed by atoms with van der Waals surface area (Å²) in [5.41, 5.74) is 1.61. The van der Waals surface area contributed by atoms with Gasteiger partial charge in [0.25, 0.3) is 0 Å². The summed E-state index contributed by atoms with van der Waals surface area (Å²) in [7, 11) is 0. The number of carbonyl (C=O) groups is 1. The zero-order chi connectivity index (χ0) is 16.6. The van der Waals surface area contributed by atoms with Gasteiger partial charge in [0.2, 0.25) is 0 Å². The number of esters is 1. The van der Waals surface area contributed by atoms with Crippen molar-refractivity contribution in [2.45, 2.75) is 0 Å². The third kappa shape index (κ3) is 4.43. The maximum absolute atomic E-state index is 11.7. The van der Waals surface area contributed by atoms with E-state index in [1.165, 1.54) is 6.08 Å². The standard InChI is InChI=1S/C20H17NO3/c22-20(24-15-14-23-18-7-2-1-3-8-18)13-12-17-11-10-16-6-4-5-9-19(16)21-17/h1-13H,14-15H2/b13-12+. The Labute approximate surface area is 140 Å². The normalized spacial score (nSPS) is 10.8. The molecule has 1 aromatic heterocycles. The van der Waals surface area contributed by atoms with Crippen molar-refractivity contribution in [1.29, 1.82) is 0 Å². The highest BCUT2D eigenvalue weighted by Crippen LogP contribution is 2.12. The van der Waals surface area contributed by atoms with Crippen LogP contribution in [0, 0.1) is 0 Å². The Bertz CT molecular complexity index is 844. The average molecular weight is 319 g/mol. The highest BCUT2D eigenvalue weighted by Gasteiger charge is 1.99. The lowest BCUT2D eigenvalue weighted by molar-refractivity contribution is -0.138. The van der Waals surface area contributed by atoms with Gasteiger partial charge in [0.05, 0.1) is 11.2 Å². The molecule has 0 aliphatic rings. The number of pyridine rings is 1. The third-order valence-corrected chi connectivity index (χ3v) is 3.35.